The lowest BCUT2D eigenvalue weighted by molar-refractivity contribution is 0.0791. The number of nitrogens with one attached hydrogen (secondary N) is 3. The predicted molar refractivity (Wildman–Crippen MR) is 132 cm³/mol. The molecule has 7 nitrogen and oxygen atoms in total. The third-order valence-corrected chi connectivity index (χ3v) is 8.55. The number of thiophene rings is 1. The summed E-state index contributed by atoms with van der Waals surface area (Å²) < 4.78 is 40.9. The van der Waals surface area contributed by atoms with E-state index in [0.717, 1.165) is 36.2 Å². The number of anilines is 1. The van der Waals surface area contributed by atoms with E-state index in [-0.39, 0.29) is 28.0 Å². The molecule has 2 unspecified atom stereocenters. The molecule has 1 amide bonds. The number of rotatable bonds is 9. The molecule has 2 atom stereocenters. The summed E-state index contributed by atoms with van der Waals surface area (Å²) in [5, 5.41) is 1.70. The molecular formula is C24H27FN4O3S2. The Bertz CT molecular complexity index is 1220. The summed E-state index contributed by atoms with van der Waals surface area (Å²) in [7, 11) is -1.86. The second-order valence-electron chi connectivity index (χ2n) is 8.31. The van der Waals surface area contributed by atoms with Crippen LogP contribution in [0.5, 0.6) is 0 Å². The minimum absolute atomic E-state index is 0.0656. The lowest BCUT2D eigenvalue weighted by Crippen LogP contribution is -2.32. The van der Waals surface area contributed by atoms with Crippen molar-refractivity contribution in [2.75, 3.05) is 18.3 Å². The molecule has 1 fully saturated rings. The van der Waals surface area contributed by atoms with E-state index in [0.29, 0.717) is 17.8 Å². The van der Waals surface area contributed by atoms with Gasteiger partial charge in [0.15, 0.2) is 0 Å². The summed E-state index contributed by atoms with van der Waals surface area (Å²) >= 11 is 1.14. The highest BCUT2D eigenvalue weighted by molar-refractivity contribution is 7.94. The van der Waals surface area contributed by atoms with Crippen molar-refractivity contribution < 1.29 is 17.6 Å². The van der Waals surface area contributed by atoms with Crippen molar-refractivity contribution in [3.8, 4) is 0 Å². The topological polar surface area (TPSA) is 90.5 Å². The molecule has 0 aliphatic carbocycles. The van der Waals surface area contributed by atoms with E-state index in [4.69, 9.17) is 0 Å². The number of carbonyl (C=O) groups excluding carboxylic acids is 1. The number of hydrogen-bond donors (Lipinski definition) is 3. The number of amides is 1. The lowest BCUT2D eigenvalue weighted by atomic mass is 9.99. The molecular weight excluding hydrogens is 475 g/mol. The third kappa shape index (κ3) is 6.01. The van der Waals surface area contributed by atoms with Crippen LogP contribution in [0.2, 0.25) is 0 Å². The zero-order chi connectivity index (χ0) is 24.1. The highest BCUT2D eigenvalue weighted by Crippen LogP contribution is 2.25. The summed E-state index contributed by atoms with van der Waals surface area (Å²) in [6.45, 7) is 0.592. The average Bonchev–Trinajstić information content (AvgIpc) is 3.52. The first-order valence-corrected chi connectivity index (χ1v) is 13.4. The highest BCUT2D eigenvalue weighted by atomic mass is 32.2. The molecule has 0 saturated carbocycles. The minimum atomic E-state index is -3.62. The molecule has 4 rings (SSSR count). The molecule has 2 heterocycles. The van der Waals surface area contributed by atoms with E-state index >= 15 is 0 Å². The van der Waals surface area contributed by atoms with E-state index < -0.39 is 10.0 Å². The normalized spacial score (nSPS) is 18.1. The Morgan fingerprint density at radius 1 is 1.15 bits per heavy atom. The Morgan fingerprint density at radius 2 is 1.94 bits per heavy atom. The number of carbonyl (C=O) groups is 1. The molecule has 1 aliphatic heterocycles. The molecule has 0 spiro atoms. The van der Waals surface area contributed by atoms with Crippen LogP contribution in [0, 0.1) is 5.82 Å². The first-order chi connectivity index (χ1) is 16.3. The van der Waals surface area contributed by atoms with E-state index in [9.17, 15) is 17.6 Å². The van der Waals surface area contributed by atoms with E-state index in [1.807, 2.05) is 6.07 Å². The number of hydrazine groups is 1. The number of benzene rings is 2. The molecule has 0 bridgehead atoms. The Hall–Kier alpha value is -2.79. The zero-order valence-electron chi connectivity index (χ0n) is 18.7. The summed E-state index contributed by atoms with van der Waals surface area (Å²) in [5.41, 5.74) is 8.30. The van der Waals surface area contributed by atoms with Crippen LogP contribution in [-0.4, -0.2) is 38.9 Å². The van der Waals surface area contributed by atoms with Crippen molar-refractivity contribution in [3.05, 3.63) is 83.0 Å². The van der Waals surface area contributed by atoms with Crippen molar-refractivity contribution in [2.24, 2.45) is 0 Å². The van der Waals surface area contributed by atoms with Crippen molar-refractivity contribution in [3.63, 3.8) is 0 Å². The minimum Gasteiger partial charge on any atom is -0.342 e. The van der Waals surface area contributed by atoms with E-state index in [2.05, 4.69) is 15.6 Å². The average molecular weight is 503 g/mol. The van der Waals surface area contributed by atoms with Gasteiger partial charge in [0.2, 0.25) is 0 Å². The van der Waals surface area contributed by atoms with Crippen LogP contribution in [-0.2, 0) is 10.0 Å². The van der Waals surface area contributed by atoms with Crippen LogP contribution in [0.3, 0.4) is 0 Å². The van der Waals surface area contributed by atoms with Gasteiger partial charge in [-0.05, 0) is 72.7 Å². The fraction of sp³-hybridized carbons (Fsp3) is 0.292. The van der Waals surface area contributed by atoms with Crippen LogP contribution >= 0.6 is 11.3 Å². The largest absolute Gasteiger partial charge is 0.342 e. The van der Waals surface area contributed by atoms with Gasteiger partial charge >= 0.3 is 0 Å². The maximum atomic E-state index is 13.5. The standard InChI is InChI=1S/C24H27FN4O3S2/c1-29(13-3-7-21-16-22(27-26-21)18-5-2-6-19(25)15-18)24(30)17-9-11-20(12-10-17)28-34(31,32)23-8-4-14-33-23/h2,4-6,8-12,14-15,21-22,26-28H,3,7,13,16H2,1H3. The number of nitrogens with zero attached hydrogens (tertiary/aromatic N) is 1. The van der Waals surface area contributed by atoms with Gasteiger partial charge in [0.25, 0.3) is 15.9 Å². The summed E-state index contributed by atoms with van der Waals surface area (Å²) in [5.74, 6) is -0.362. The van der Waals surface area contributed by atoms with Gasteiger partial charge in [-0.1, -0.05) is 18.2 Å². The quantitative estimate of drug-likeness (QED) is 0.409. The van der Waals surface area contributed by atoms with Crippen molar-refractivity contribution in [2.45, 2.75) is 35.6 Å². The van der Waals surface area contributed by atoms with Crippen molar-refractivity contribution in [1.82, 2.24) is 15.8 Å². The molecule has 3 aromatic rings. The molecule has 10 heteroatoms. The van der Waals surface area contributed by atoms with E-state index in [1.165, 1.54) is 6.07 Å². The van der Waals surface area contributed by atoms with Crippen LogP contribution in [0.15, 0.2) is 70.3 Å². The van der Waals surface area contributed by atoms with Crippen molar-refractivity contribution >= 4 is 33.0 Å². The first kappa shape index (κ1) is 24.3. The first-order valence-electron chi connectivity index (χ1n) is 11.0. The van der Waals surface area contributed by atoms with Gasteiger partial charge in [-0.15, -0.1) is 11.3 Å². The smallest absolute Gasteiger partial charge is 0.271 e. The van der Waals surface area contributed by atoms with Gasteiger partial charge in [0.05, 0.1) is 0 Å². The second kappa shape index (κ2) is 10.6. The van der Waals surface area contributed by atoms with Gasteiger partial charge in [0.1, 0.15) is 10.0 Å². The Labute approximate surface area is 203 Å². The van der Waals surface area contributed by atoms with Crippen LogP contribution in [0.25, 0.3) is 0 Å². The summed E-state index contributed by atoms with van der Waals surface area (Å²) in [6.07, 6.45) is 2.54. The maximum Gasteiger partial charge on any atom is 0.271 e. The highest BCUT2D eigenvalue weighted by Gasteiger charge is 2.25. The van der Waals surface area contributed by atoms with Gasteiger partial charge in [-0.25, -0.2) is 12.8 Å². The molecule has 34 heavy (non-hydrogen) atoms. The second-order valence-corrected chi connectivity index (χ2v) is 11.2. The zero-order valence-corrected chi connectivity index (χ0v) is 20.3. The van der Waals surface area contributed by atoms with Gasteiger partial charge < -0.3 is 4.90 Å². The number of sulfonamides is 1. The predicted octanol–water partition coefficient (Wildman–Crippen LogP) is 4.15. The molecule has 1 saturated heterocycles. The Kier molecular flexibility index (Phi) is 7.62. The summed E-state index contributed by atoms with van der Waals surface area (Å²) in [6, 6.07) is 16.6. The summed E-state index contributed by atoms with van der Waals surface area (Å²) in [4.78, 5) is 14.4. The number of hydrogen-bond acceptors (Lipinski definition) is 6. The SMILES string of the molecule is CN(CCCC1CC(c2cccc(F)c2)NN1)C(=O)c1ccc(NS(=O)(=O)c2cccs2)cc1. The fourth-order valence-electron chi connectivity index (χ4n) is 3.95. The van der Waals surface area contributed by atoms with Gasteiger partial charge in [-0.3, -0.25) is 20.4 Å². The molecule has 0 radical (unpaired) electrons. The third-order valence-electron chi connectivity index (χ3n) is 5.77. The fourth-order valence-corrected chi connectivity index (χ4v) is 6.00. The van der Waals surface area contributed by atoms with E-state index in [1.54, 1.807) is 65.9 Å². The molecule has 3 N–H and O–H groups in total. The molecule has 180 valence electrons. The van der Waals surface area contributed by atoms with Gasteiger partial charge in [0, 0.05) is 36.9 Å². The lowest BCUT2D eigenvalue weighted by Gasteiger charge is -2.18. The van der Waals surface area contributed by atoms with Crippen LogP contribution < -0.4 is 15.6 Å². The number of halogens is 1. The van der Waals surface area contributed by atoms with Crippen LogP contribution in [0.4, 0.5) is 10.1 Å². The Balaban J connectivity index is 1.24. The monoisotopic (exact) mass is 502 g/mol. The maximum absolute atomic E-state index is 13.5. The van der Waals surface area contributed by atoms with Crippen molar-refractivity contribution in [1.29, 1.82) is 0 Å². The van der Waals surface area contributed by atoms with Gasteiger partial charge in [-0.2, -0.15) is 0 Å². The molecule has 1 aliphatic rings. The Morgan fingerprint density at radius 3 is 2.65 bits per heavy atom. The van der Waals surface area contributed by atoms with Crippen LogP contribution in [0.1, 0.15) is 41.2 Å². The molecule has 2 aromatic carbocycles. The molecule has 1 aromatic heterocycles.